The first-order valence-electron chi connectivity index (χ1n) is 10.4. The van der Waals surface area contributed by atoms with Crippen molar-refractivity contribution in [1.29, 1.82) is 0 Å². The summed E-state index contributed by atoms with van der Waals surface area (Å²) in [5, 5.41) is 25.9. The number of aliphatic hydroxyl groups excluding tert-OH is 2. The van der Waals surface area contributed by atoms with E-state index in [1.165, 1.54) is 6.20 Å². The second-order valence-electron chi connectivity index (χ2n) is 7.86. The monoisotopic (exact) mass is 471 g/mol. The van der Waals surface area contributed by atoms with Crippen LogP contribution >= 0.6 is 11.6 Å². The molecule has 1 fully saturated rings. The first-order chi connectivity index (χ1) is 15.9. The topological polar surface area (TPSA) is 129 Å². The van der Waals surface area contributed by atoms with Gasteiger partial charge in [-0.3, -0.25) is 9.58 Å². The van der Waals surface area contributed by atoms with Crippen LogP contribution in [0.4, 0.5) is 22.0 Å². The minimum absolute atomic E-state index is 0.112. The van der Waals surface area contributed by atoms with Crippen LogP contribution < -0.4 is 19.9 Å². The Balaban J connectivity index is 1.40. The van der Waals surface area contributed by atoms with Crippen molar-refractivity contribution in [3.8, 4) is 17.1 Å². The highest BCUT2D eigenvalue weighted by Gasteiger charge is 2.46. The number of pyridine rings is 2. The van der Waals surface area contributed by atoms with Gasteiger partial charge in [0.05, 0.1) is 29.2 Å². The molecule has 1 saturated heterocycles. The van der Waals surface area contributed by atoms with E-state index < -0.39 is 12.7 Å². The van der Waals surface area contributed by atoms with Crippen LogP contribution in [-0.4, -0.2) is 68.0 Å². The number of nitrogens with zero attached hydrogens (tertiary/aromatic N) is 6. The zero-order valence-corrected chi connectivity index (χ0v) is 18.5. The largest absolute Gasteiger partial charge is 0.475 e. The van der Waals surface area contributed by atoms with Crippen LogP contribution in [0.15, 0.2) is 36.8 Å². The lowest BCUT2D eigenvalue weighted by atomic mass is 10.1. The predicted molar refractivity (Wildman–Crippen MR) is 122 cm³/mol. The molecule has 33 heavy (non-hydrogen) atoms. The number of nitrogens with one attached hydrogen (secondary N) is 1. The SMILES string of the molecule is Cn1cc(-c2nc3c(cc2Cl)N2CC[C@@H]2N3C(=O)Nc2ccnc(OC[C@H](O)CO)c2)cn1. The van der Waals surface area contributed by atoms with Gasteiger partial charge < -0.3 is 25.2 Å². The van der Waals surface area contributed by atoms with Gasteiger partial charge in [-0.05, 0) is 12.1 Å². The van der Waals surface area contributed by atoms with Gasteiger partial charge in [0.2, 0.25) is 5.88 Å². The molecule has 0 bridgehead atoms. The number of aliphatic hydroxyl groups is 2. The molecule has 2 aliphatic heterocycles. The van der Waals surface area contributed by atoms with Crippen molar-refractivity contribution >= 4 is 34.8 Å². The quantitative estimate of drug-likeness (QED) is 0.496. The molecule has 3 N–H and O–H groups in total. The maximum absolute atomic E-state index is 13.3. The summed E-state index contributed by atoms with van der Waals surface area (Å²) in [6, 6.07) is 4.69. The summed E-state index contributed by atoms with van der Waals surface area (Å²) >= 11 is 6.53. The zero-order valence-electron chi connectivity index (χ0n) is 17.7. The van der Waals surface area contributed by atoms with Crippen molar-refractivity contribution in [2.75, 3.05) is 34.9 Å². The molecule has 0 aliphatic carbocycles. The van der Waals surface area contributed by atoms with Crippen molar-refractivity contribution in [1.82, 2.24) is 19.7 Å². The Kier molecular flexibility index (Phi) is 5.52. The van der Waals surface area contributed by atoms with Gasteiger partial charge >= 0.3 is 6.03 Å². The summed E-state index contributed by atoms with van der Waals surface area (Å²) < 4.78 is 7.03. The molecule has 2 aliphatic rings. The highest BCUT2D eigenvalue weighted by atomic mass is 35.5. The van der Waals surface area contributed by atoms with Crippen LogP contribution in [0, 0.1) is 0 Å². The molecule has 0 aromatic carbocycles. The Labute approximate surface area is 194 Å². The number of aryl methyl sites for hydroxylation is 1. The zero-order chi connectivity index (χ0) is 23.1. The minimum atomic E-state index is -1.01. The van der Waals surface area contributed by atoms with E-state index in [1.807, 2.05) is 19.3 Å². The fourth-order valence-electron chi connectivity index (χ4n) is 3.88. The van der Waals surface area contributed by atoms with E-state index in [9.17, 15) is 9.90 Å². The summed E-state index contributed by atoms with van der Waals surface area (Å²) in [5.74, 6) is 0.756. The molecule has 11 nitrogen and oxygen atoms in total. The standard InChI is InChI=1S/C21H22ClN7O4/c1-27-9-12(8-24-27)19-15(22)7-16-20(26-19)29(18-3-5-28(16)18)21(32)25-13-2-4-23-17(6-13)33-11-14(31)10-30/h2,4,6-9,14,18,30-31H,3,5,10-11H2,1H3,(H,23,25,32)/t14-,18+/m1/s1. The van der Waals surface area contributed by atoms with E-state index in [4.69, 9.17) is 26.4 Å². The number of halogens is 1. The first kappa shape index (κ1) is 21.4. The number of anilines is 3. The molecule has 3 aromatic heterocycles. The molecule has 0 unspecified atom stereocenters. The van der Waals surface area contributed by atoms with E-state index in [0.717, 1.165) is 24.2 Å². The molecule has 0 saturated carbocycles. The lowest BCUT2D eigenvalue weighted by molar-refractivity contribution is 0.0521. The Morgan fingerprint density at radius 1 is 1.42 bits per heavy atom. The summed E-state index contributed by atoms with van der Waals surface area (Å²) in [6.07, 6.45) is 4.66. The number of hydrogen-bond acceptors (Lipinski definition) is 8. The van der Waals surface area contributed by atoms with Gasteiger partial charge in [-0.2, -0.15) is 5.10 Å². The van der Waals surface area contributed by atoms with Crippen LogP contribution in [-0.2, 0) is 7.05 Å². The smallest absolute Gasteiger partial charge is 0.329 e. The molecular formula is C21H22ClN7O4. The van der Waals surface area contributed by atoms with Crippen LogP contribution in [0.3, 0.4) is 0 Å². The number of ether oxygens (including phenoxy) is 1. The third-order valence-electron chi connectivity index (χ3n) is 5.58. The van der Waals surface area contributed by atoms with E-state index >= 15 is 0 Å². The van der Waals surface area contributed by atoms with Crippen molar-refractivity contribution in [2.45, 2.75) is 18.7 Å². The summed E-state index contributed by atoms with van der Waals surface area (Å²) in [6.45, 7) is 0.284. The van der Waals surface area contributed by atoms with Crippen molar-refractivity contribution in [3.63, 3.8) is 0 Å². The van der Waals surface area contributed by atoms with Crippen molar-refractivity contribution < 1.29 is 19.7 Å². The molecule has 5 rings (SSSR count). The number of fused-ring (bicyclic) bond motifs is 3. The molecule has 0 spiro atoms. The average Bonchev–Trinajstić information content (AvgIpc) is 3.29. The van der Waals surface area contributed by atoms with Gasteiger partial charge in [-0.1, -0.05) is 11.6 Å². The van der Waals surface area contributed by atoms with E-state index in [-0.39, 0.29) is 24.7 Å². The molecule has 172 valence electrons. The van der Waals surface area contributed by atoms with Crippen LogP contribution in [0.25, 0.3) is 11.3 Å². The van der Waals surface area contributed by atoms with E-state index in [0.29, 0.717) is 22.2 Å². The second kappa shape index (κ2) is 8.50. The van der Waals surface area contributed by atoms with Gasteiger partial charge in [0.15, 0.2) is 5.82 Å². The first-order valence-corrected chi connectivity index (χ1v) is 10.8. The highest BCUT2D eigenvalue weighted by Crippen LogP contribution is 2.47. The lowest BCUT2D eigenvalue weighted by Crippen LogP contribution is -2.56. The van der Waals surface area contributed by atoms with Crippen molar-refractivity contribution in [2.24, 2.45) is 7.05 Å². The Bertz CT molecular complexity index is 1200. The van der Waals surface area contributed by atoms with E-state index in [2.05, 4.69) is 20.3 Å². The summed E-state index contributed by atoms with van der Waals surface area (Å²) in [7, 11) is 1.81. The second-order valence-corrected chi connectivity index (χ2v) is 8.26. The summed E-state index contributed by atoms with van der Waals surface area (Å²) in [4.78, 5) is 25.8. The predicted octanol–water partition coefficient (Wildman–Crippen LogP) is 1.85. The number of aromatic nitrogens is 4. The molecule has 2 atom stereocenters. The third-order valence-corrected chi connectivity index (χ3v) is 5.87. The normalized spacial score (nSPS) is 17.3. The number of amides is 2. The van der Waals surface area contributed by atoms with Crippen LogP contribution in [0.5, 0.6) is 5.88 Å². The third kappa shape index (κ3) is 3.94. The van der Waals surface area contributed by atoms with Gasteiger partial charge in [0.1, 0.15) is 18.9 Å². The molecule has 2 amide bonds. The Morgan fingerprint density at radius 2 is 2.27 bits per heavy atom. The average molecular weight is 472 g/mol. The molecule has 5 heterocycles. The fourth-order valence-corrected chi connectivity index (χ4v) is 4.14. The van der Waals surface area contributed by atoms with Gasteiger partial charge in [-0.25, -0.2) is 14.8 Å². The molecule has 3 aromatic rings. The summed E-state index contributed by atoms with van der Waals surface area (Å²) in [5.41, 5.74) is 2.62. The maximum Gasteiger partial charge on any atom is 0.329 e. The lowest BCUT2D eigenvalue weighted by Gasteiger charge is -2.39. The van der Waals surface area contributed by atoms with Gasteiger partial charge in [0.25, 0.3) is 0 Å². The van der Waals surface area contributed by atoms with Gasteiger partial charge in [0, 0.05) is 49.7 Å². The van der Waals surface area contributed by atoms with Gasteiger partial charge in [-0.15, -0.1) is 0 Å². The number of carbonyl (C=O) groups excluding carboxylic acids is 1. The van der Waals surface area contributed by atoms with Crippen LogP contribution in [0.2, 0.25) is 5.02 Å². The molecule has 0 radical (unpaired) electrons. The minimum Gasteiger partial charge on any atom is -0.475 e. The maximum atomic E-state index is 13.3. The Morgan fingerprint density at radius 3 is 2.97 bits per heavy atom. The number of carbonyl (C=O) groups is 1. The number of urea groups is 1. The fraction of sp³-hybridized carbons (Fsp3) is 0.333. The number of hydrogen-bond donors (Lipinski definition) is 3. The highest BCUT2D eigenvalue weighted by molar-refractivity contribution is 6.33. The van der Waals surface area contributed by atoms with Crippen LogP contribution in [0.1, 0.15) is 6.42 Å². The number of rotatable bonds is 6. The van der Waals surface area contributed by atoms with Crippen molar-refractivity contribution in [3.05, 3.63) is 41.8 Å². The molecule has 12 heteroatoms. The Hall–Kier alpha value is -3.41. The molecular weight excluding hydrogens is 450 g/mol. The van der Waals surface area contributed by atoms with E-state index in [1.54, 1.807) is 27.9 Å².